The topological polar surface area (TPSA) is 43.4 Å². The van der Waals surface area contributed by atoms with Crippen molar-refractivity contribution in [1.82, 2.24) is 0 Å². The molecule has 30 heavy (non-hydrogen) atoms. The Bertz CT molecular complexity index is 1060. The maximum Gasteiger partial charge on any atom is 0.312 e. The molecule has 4 bridgehead atoms. The van der Waals surface area contributed by atoms with Gasteiger partial charge in [-0.15, -0.1) is 11.6 Å². The number of benzene rings is 2. The Labute approximate surface area is 181 Å². The van der Waals surface area contributed by atoms with E-state index in [-0.39, 0.29) is 23.2 Å². The molecule has 0 aromatic heterocycles. The van der Waals surface area contributed by atoms with Crippen molar-refractivity contribution in [2.75, 3.05) is 6.61 Å². The summed E-state index contributed by atoms with van der Waals surface area (Å²) in [6.45, 7) is -0.189. The zero-order chi connectivity index (χ0) is 20.5. The van der Waals surface area contributed by atoms with Crippen molar-refractivity contribution >= 4 is 23.4 Å². The SMILES string of the molecule is O=C(COC(=O)C12C[C@@H]3C[C@@H](CC(Cl)(C3)C1)C2)c1ccc2c(c1)-c1ccccc1C2. The number of fused-ring (bicyclic) bond motifs is 3. The van der Waals surface area contributed by atoms with Crippen molar-refractivity contribution in [3.8, 4) is 11.1 Å². The highest BCUT2D eigenvalue weighted by Gasteiger charge is 2.60. The van der Waals surface area contributed by atoms with Gasteiger partial charge in [0.05, 0.1) is 5.41 Å². The van der Waals surface area contributed by atoms with Gasteiger partial charge in [-0.25, -0.2) is 0 Å². The third kappa shape index (κ3) is 2.85. The van der Waals surface area contributed by atoms with Gasteiger partial charge in [0.25, 0.3) is 0 Å². The van der Waals surface area contributed by atoms with Gasteiger partial charge in [0.15, 0.2) is 12.4 Å². The summed E-state index contributed by atoms with van der Waals surface area (Å²) in [5.41, 5.74) is 4.99. The summed E-state index contributed by atoms with van der Waals surface area (Å²) in [6, 6.07) is 14.2. The van der Waals surface area contributed by atoms with E-state index in [0.717, 1.165) is 37.7 Å². The fourth-order valence-electron chi connectivity index (χ4n) is 7.05. The number of carbonyl (C=O) groups excluding carboxylic acids is 2. The molecule has 0 aliphatic heterocycles. The lowest BCUT2D eigenvalue weighted by molar-refractivity contribution is -0.168. The molecule has 0 radical (unpaired) electrons. The molecule has 4 fully saturated rings. The second-order valence-electron chi connectivity index (χ2n) is 10.1. The van der Waals surface area contributed by atoms with E-state index in [1.807, 2.05) is 30.3 Å². The van der Waals surface area contributed by atoms with Crippen molar-refractivity contribution in [2.24, 2.45) is 17.3 Å². The zero-order valence-corrected chi connectivity index (χ0v) is 17.7. The normalized spacial score (nSPS) is 32.6. The number of esters is 1. The van der Waals surface area contributed by atoms with Gasteiger partial charge in [0.2, 0.25) is 0 Å². The first kappa shape index (κ1) is 18.6. The van der Waals surface area contributed by atoms with Crippen LogP contribution in [0, 0.1) is 17.3 Å². The largest absolute Gasteiger partial charge is 0.457 e. The third-order valence-corrected chi connectivity index (χ3v) is 8.32. The van der Waals surface area contributed by atoms with Crippen LogP contribution in [0.2, 0.25) is 0 Å². The maximum atomic E-state index is 13.1. The van der Waals surface area contributed by atoms with Gasteiger partial charge >= 0.3 is 5.97 Å². The van der Waals surface area contributed by atoms with Crippen LogP contribution in [-0.2, 0) is 16.0 Å². The molecule has 0 heterocycles. The van der Waals surface area contributed by atoms with E-state index in [2.05, 4.69) is 12.1 Å². The van der Waals surface area contributed by atoms with E-state index < -0.39 is 5.41 Å². The molecule has 7 rings (SSSR count). The molecule has 0 spiro atoms. The predicted molar refractivity (Wildman–Crippen MR) is 116 cm³/mol. The summed E-state index contributed by atoms with van der Waals surface area (Å²) in [6.07, 6.45) is 6.60. The summed E-state index contributed by atoms with van der Waals surface area (Å²) in [7, 11) is 0. The molecule has 0 amide bonds. The first-order valence-electron chi connectivity index (χ1n) is 11.0. The fraction of sp³-hybridized carbons (Fsp3) is 0.462. The molecule has 0 saturated heterocycles. The van der Waals surface area contributed by atoms with Crippen LogP contribution < -0.4 is 0 Å². The summed E-state index contributed by atoms with van der Waals surface area (Å²) in [5, 5.41) is 0. The quantitative estimate of drug-likeness (QED) is 0.315. The number of ketones is 1. The zero-order valence-electron chi connectivity index (χ0n) is 17.0. The standard InChI is InChI=1S/C26H25ClO3/c27-26-12-16-7-17(13-26)11-25(10-16,15-26)24(29)30-14-23(28)20-6-5-19-8-18-3-1-2-4-21(18)22(19)9-20/h1-6,9,16-17H,7-8,10-15H2/t16-,17+,25?,26?. The molecule has 4 heteroatoms. The van der Waals surface area contributed by atoms with Crippen LogP contribution in [0.5, 0.6) is 0 Å². The lowest BCUT2D eigenvalue weighted by Gasteiger charge is -2.58. The van der Waals surface area contributed by atoms with Gasteiger partial charge in [0.1, 0.15) is 0 Å². The Balaban J connectivity index is 1.18. The highest BCUT2D eigenvalue weighted by atomic mass is 35.5. The van der Waals surface area contributed by atoms with Crippen LogP contribution in [0.25, 0.3) is 11.1 Å². The second-order valence-corrected chi connectivity index (χ2v) is 10.9. The Hall–Kier alpha value is -2.13. The van der Waals surface area contributed by atoms with Crippen LogP contribution >= 0.6 is 11.6 Å². The highest BCUT2D eigenvalue weighted by molar-refractivity contribution is 6.24. The minimum atomic E-state index is -0.469. The Morgan fingerprint density at radius 1 is 0.967 bits per heavy atom. The molecule has 5 aliphatic carbocycles. The second kappa shape index (κ2) is 6.43. The van der Waals surface area contributed by atoms with Crippen molar-refractivity contribution < 1.29 is 14.3 Å². The number of ether oxygens (including phenoxy) is 1. The van der Waals surface area contributed by atoms with Gasteiger partial charge < -0.3 is 4.74 Å². The molecule has 3 nitrogen and oxygen atoms in total. The van der Waals surface area contributed by atoms with E-state index in [1.54, 1.807) is 0 Å². The predicted octanol–water partition coefficient (Wildman–Crippen LogP) is 5.56. The minimum Gasteiger partial charge on any atom is -0.457 e. The summed E-state index contributed by atoms with van der Waals surface area (Å²) in [5.74, 6) is 0.717. The van der Waals surface area contributed by atoms with Gasteiger partial charge in [-0.1, -0.05) is 36.4 Å². The molecular weight excluding hydrogens is 396 g/mol. The van der Waals surface area contributed by atoms with Crippen molar-refractivity contribution in [1.29, 1.82) is 0 Å². The number of halogens is 1. The van der Waals surface area contributed by atoms with Crippen molar-refractivity contribution in [3.63, 3.8) is 0 Å². The Kier molecular flexibility index (Phi) is 3.99. The van der Waals surface area contributed by atoms with Crippen LogP contribution in [0.15, 0.2) is 42.5 Å². The smallest absolute Gasteiger partial charge is 0.312 e. The molecule has 4 atom stereocenters. The number of carbonyl (C=O) groups is 2. The molecule has 5 aliphatic rings. The fourth-order valence-corrected chi connectivity index (χ4v) is 7.75. The number of rotatable bonds is 4. The summed E-state index contributed by atoms with van der Waals surface area (Å²) in [4.78, 5) is 25.7. The van der Waals surface area contributed by atoms with Gasteiger partial charge in [-0.2, -0.15) is 0 Å². The number of hydrogen-bond acceptors (Lipinski definition) is 3. The van der Waals surface area contributed by atoms with Gasteiger partial charge in [-0.05, 0) is 85.1 Å². The van der Waals surface area contributed by atoms with Crippen LogP contribution in [0.1, 0.15) is 60.0 Å². The van der Waals surface area contributed by atoms with Crippen LogP contribution in [0.4, 0.5) is 0 Å². The number of Topliss-reactive ketones (excluding diaryl/α,β-unsaturated/α-hetero) is 1. The lowest BCUT2D eigenvalue weighted by atomic mass is 9.49. The van der Waals surface area contributed by atoms with Crippen LogP contribution in [0.3, 0.4) is 0 Å². The molecule has 2 unspecified atom stereocenters. The maximum absolute atomic E-state index is 13.1. The highest BCUT2D eigenvalue weighted by Crippen LogP contribution is 2.64. The molecule has 154 valence electrons. The summed E-state index contributed by atoms with van der Waals surface area (Å²) >= 11 is 6.84. The van der Waals surface area contributed by atoms with Gasteiger partial charge in [-0.3, -0.25) is 9.59 Å². The molecular formula is C26H25ClO3. The number of hydrogen-bond donors (Lipinski definition) is 0. The van der Waals surface area contributed by atoms with E-state index in [9.17, 15) is 9.59 Å². The average Bonchev–Trinajstić information content (AvgIpc) is 3.07. The Morgan fingerprint density at radius 3 is 2.47 bits per heavy atom. The van der Waals surface area contributed by atoms with Crippen molar-refractivity contribution in [3.05, 3.63) is 59.2 Å². The molecule has 2 aromatic carbocycles. The van der Waals surface area contributed by atoms with Gasteiger partial charge in [0, 0.05) is 10.4 Å². The third-order valence-electron chi connectivity index (χ3n) is 7.88. The van der Waals surface area contributed by atoms with E-state index >= 15 is 0 Å². The first-order chi connectivity index (χ1) is 14.4. The first-order valence-corrected chi connectivity index (χ1v) is 11.4. The van der Waals surface area contributed by atoms with E-state index in [0.29, 0.717) is 23.8 Å². The Morgan fingerprint density at radius 2 is 1.70 bits per heavy atom. The minimum absolute atomic E-state index is 0.138. The van der Waals surface area contributed by atoms with Crippen LogP contribution in [-0.4, -0.2) is 23.2 Å². The van der Waals surface area contributed by atoms with Crippen molar-refractivity contribution in [2.45, 2.75) is 49.8 Å². The molecule has 0 N–H and O–H groups in total. The molecule has 4 saturated carbocycles. The average molecular weight is 421 g/mol. The lowest BCUT2D eigenvalue weighted by Crippen LogP contribution is -2.56. The summed E-state index contributed by atoms with van der Waals surface area (Å²) < 4.78 is 5.63. The molecule has 2 aromatic rings. The van der Waals surface area contributed by atoms with E-state index in [4.69, 9.17) is 16.3 Å². The number of alkyl halides is 1. The monoisotopic (exact) mass is 420 g/mol. The van der Waals surface area contributed by atoms with E-state index in [1.165, 1.54) is 23.1 Å².